The summed E-state index contributed by atoms with van der Waals surface area (Å²) in [6.07, 6.45) is 2.41. The Hall–Kier alpha value is -0.380. The molecule has 18 heavy (non-hydrogen) atoms. The molecule has 0 bridgehead atoms. The smallest absolute Gasteiger partial charge is 0.0481 e. The van der Waals surface area contributed by atoms with E-state index in [0.29, 0.717) is 12.6 Å². The van der Waals surface area contributed by atoms with E-state index in [-0.39, 0.29) is 6.04 Å². The van der Waals surface area contributed by atoms with Crippen LogP contribution in [0.4, 0.5) is 0 Å². The summed E-state index contributed by atoms with van der Waals surface area (Å²) in [7, 11) is 2.17. The standard InChI is InChI=1S/C15H25BrN2/c1-5-6-12(3)18(4)15(10-17)13-8-7-11(2)9-14(13)16/h7-9,12,15H,5-6,10,17H2,1-4H3. The number of hydrogen-bond donors (Lipinski definition) is 1. The third-order valence-electron chi connectivity index (χ3n) is 3.63. The van der Waals surface area contributed by atoms with Crippen molar-refractivity contribution in [2.24, 2.45) is 5.73 Å². The second-order valence-electron chi connectivity index (χ2n) is 5.08. The van der Waals surface area contributed by atoms with Gasteiger partial charge in [0, 0.05) is 23.1 Å². The first-order valence-corrected chi connectivity index (χ1v) is 7.48. The van der Waals surface area contributed by atoms with E-state index >= 15 is 0 Å². The molecule has 0 aliphatic carbocycles. The molecule has 2 N–H and O–H groups in total. The van der Waals surface area contributed by atoms with Gasteiger partial charge >= 0.3 is 0 Å². The van der Waals surface area contributed by atoms with Crippen LogP contribution in [0.15, 0.2) is 22.7 Å². The summed E-state index contributed by atoms with van der Waals surface area (Å²) in [6.45, 7) is 7.25. The van der Waals surface area contributed by atoms with Gasteiger partial charge in [0.05, 0.1) is 0 Å². The SMILES string of the molecule is CCCC(C)N(C)C(CN)c1ccc(C)cc1Br. The Morgan fingerprint density at radius 1 is 1.39 bits per heavy atom. The van der Waals surface area contributed by atoms with E-state index in [4.69, 9.17) is 5.73 Å². The highest BCUT2D eigenvalue weighted by Crippen LogP contribution is 2.29. The molecule has 102 valence electrons. The fraction of sp³-hybridized carbons (Fsp3) is 0.600. The van der Waals surface area contributed by atoms with Gasteiger partial charge in [0.25, 0.3) is 0 Å². The monoisotopic (exact) mass is 312 g/mol. The third kappa shape index (κ3) is 3.81. The number of rotatable bonds is 6. The van der Waals surface area contributed by atoms with Crippen LogP contribution in [0, 0.1) is 6.92 Å². The molecule has 2 nitrogen and oxygen atoms in total. The lowest BCUT2D eigenvalue weighted by molar-refractivity contribution is 0.179. The summed E-state index contributed by atoms with van der Waals surface area (Å²) in [6, 6.07) is 7.34. The quantitative estimate of drug-likeness (QED) is 0.863. The molecule has 0 aliphatic heterocycles. The van der Waals surface area contributed by atoms with E-state index in [0.717, 1.165) is 4.47 Å². The minimum absolute atomic E-state index is 0.279. The Labute approximate surface area is 120 Å². The maximum Gasteiger partial charge on any atom is 0.0481 e. The molecule has 0 amide bonds. The lowest BCUT2D eigenvalue weighted by Crippen LogP contribution is -2.37. The molecular weight excluding hydrogens is 288 g/mol. The third-order valence-corrected chi connectivity index (χ3v) is 4.32. The average Bonchev–Trinajstić information content (AvgIpc) is 2.32. The number of nitrogens with two attached hydrogens (primary N) is 1. The van der Waals surface area contributed by atoms with Crippen molar-refractivity contribution >= 4 is 15.9 Å². The Bertz CT molecular complexity index is 379. The van der Waals surface area contributed by atoms with Crippen molar-refractivity contribution in [2.75, 3.05) is 13.6 Å². The molecule has 1 rings (SSSR count). The summed E-state index contributed by atoms with van der Waals surface area (Å²) in [4.78, 5) is 2.39. The first-order valence-electron chi connectivity index (χ1n) is 6.69. The van der Waals surface area contributed by atoms with Crippen molar-refractivity contribution in [3.05, 3.63) is 33.8 Å². The van der Waals surface area contributed by atoms with Crippen molar-refractivity contribution in [3.8, 4) is 0 Å². The molecular formula is C15H25BrN2. The Morgan fingerprint density at radius 2 is 2.06 bits per heavy atom. The first kappa shape index (κ1) is 15.7. The zero-order valence-electron chi connectivity index (χ0n) is 11.9. The van der Waals surface area contributed by atoms with Gasteiger partial charge in [-0.1, -0.05) is 41.4 Å². The molecule has 2 unspecified atom stereocenters. The van der Waals surface area contributed by atoms with Gasteiger partial charge in [0.2, 0.25) is 0 Å². The normalized spacial score (nSPS) is 14.8. The molecule has 2 atom stereocenters. The molecule has 0 aromatic heterocycles. The molecule has 0 fully saturated rings. The van der Waals surface area contributed by atoms with Crippen LogP contribution in [0.2, 0.25) is 0 Å². The predicted octanol–water partition coefficient (Wildman–Crippen LogP) is 3.88. The maximum absolute atomic E-state index is 5.98. The van der Waals surface area contributed by atoms with Crippen LogP contribution in [0.25, 0.3) is 0 Å². The van der Waals surface area contributed by atoms with Gasteiger partial charge in [0.1, 0.15) is 0 Å². The van der Waals surface area contributed by atoms with Crippen LogP contribution in [0.5, 0.6) is 0 Å². The van der Waals surface area contributed by atoms with Crippen LogP contribution in [-0.4, -0.2) is 24.5 Å². The highest BCUT2D eigenvalue weighted by Gasteiger charge is 2.21. The summed E-state index contributed by atoms with van der Waals surface area (Å²) < 4.78 is 1.16. The zero-order valence-corrected chi connectivity index (χ0v) is 13.5. The van der Waals surface area contributed by atoms with Gasteiger partial charge in [-0.15, -0.1) is 0 Å². The van der Waals surface area contributed by atoms with E-state index < -0.39 is 0 Å². The second-order valence-corrected chi connectivity index (χ2v) is 5.93. The minimum Gasteiger partial charge on any atom is -0.329 e. The van der Waals surface area contributed by atoms with Crippen molar-refractivity contribution in [1.82, 2.24) is 4.90 Å². The van der Waals surface area contributed by atoms with Gasteiger partial charge in [-0.3, -0.25) is 4.90 Å². The van der Waals surface area contributed by atoms with Crippen molar-refractivity contribution < 1.29 is 0 Å². The lowest BCUT2D eigenvalue weighted by atomic mass is 10.0. The molecule has 1 aromatic rings. The van der Waals surface area contributed by atoms with E-state index in [1.807, 2.05) is 0 Å². The summed E-state index contributed by atoms with van der Waals surface area (Å²) >= 11 is 3.66. The second kappa shape index (κ2) is 7.27. The van der Waals surface area contributed by atoms with Crippen LogP contribution >= 0.6 is 15.9 Å². The highest BCUT2D eigenvalue weighted by molar-refractivity contribution is 9.10. The van der Waals surface area contributed by atoms with Crippen molar-refractivity contribution in [1.29, 1.82) is 0 Å². The van der Waals surface area contributed by atoms with Crippen LogP contribution in [0.1, 0.15) is 43.9 Å². The Morgan fingerprint density at radius 3 is 2.56 bits per heavy atom. The predicted molar refractivity (Wildman–Crippen MR) is 82.8 cm³/mol. The molecule has 0 aliphatic rings. The van der Waals surface area contributed by atoms with Crippen LogP contribution in [0.3, 0.4) is 0 Å². The first-order chi connectivity index (χ1) is 8.51. The molecule has 0 saturated heterocycles. The molecule has 0 radical (unpaired) electrons. The summed E-state index contributed by atoms with van der Waals surface area (Å²) in [5.74, 6) is 0. The number of hydrogen-bond acceptors (Lipinski definition) is 2. The highest BCUT2D eigenvalue weighted by atomic mass is 79.9. The fourth-order valence-electron chi connectivity index (χ4n) is 2.34. The van der Waals surface area contributed by atoms with E-state index in [1.54, 1.807) is 0 Å². The number of nitrogens with zero attached hydrogens (tertiary/aromatic N) is 1. The largest absolute Gasteiger partial charge is 0.329 e. The van der Waals surface area contributed by atoms with E-state index in [1.165, 1.54) is 24.0 Å². The van der Waals surface area contributed by atoms with Crippen molar-refractivity contribution in [3.63, 3.8) is 0 Å². The molecule has 0 saturated carbocycles. The molecule has 1 aromatic carbocycles. The average molecular weight is 313 g/mol. The molecule has 3 heteroatoms. The van der Waals surface area contributed by atoms with Gasteiger partial charge in [-0.25, -0.2) is 0 Å². The van der Waals surface area contributed by atoms with Crippen LogP contribution in [-0.2, 0) is 0 Å². The summed E-state index contributed by atoms with van der Waals surface area (Å²) in [5.41, 5.74) is 8.54. The Kier molecular flexibility index (Phi) is 6.33. The Balaban J connectivity index is 2.94. The van der Waals surface area contributed by atoms with Gasteiger partial charge in [-0.2, -0.15) is 0 Å². The number of halogens is 1. The number of benzene rings is 1. The number of aryl methyl sites for hydroxylation is 1. The molecule has 0 heterocycles. The van der Waals surface area contributed by atoms with Crippen molar-refractivity contribution in [2.45, 2.75) is 45.7 Å². The maximum atomic E-state index is 5.98. The lowest BCUT2D eigenvalue weighted by Gasteiger charge is -2.33. The fourth-order valence-corrected chi connectivity index (χ4v) is 3.10. The topological polar surface area (TPSA) is 29.3 Å². The van der Waals surface area contributed by atoms with Gasteiger partial charge < -0.3 is 5.73 Å². The van der Waals surface area contributed by atoms with E-state index in [9.17, 15) is 0 Å². The van der Waals surface area contributed by atoms with E-state index in [2.05, 4.69) is 66.8 Å². The van der Waals surface area contributed by atoms with Gasteiger partial charge in [-0.05, 0) is 44.5 Å². The summed E-state index contributed by atoms with van der Waals surface area (Å²) in [5, 5.41) is 0. The van der Waals surface area contributed by atoms with Crippen LogP contribution < -0.4 is 5.73 Å². The number of likely N-dealkylation sites (N-methyl/N-ethyl adjacent to an activating group) is 1. The van der Waals surface area contributed by atoms with Gasteiger partial charge in [0.15, 0.2) is 0 Å². The minimum atomic E-state index is 0.279. The zero-order chi connectivity index (χ0) is 13.7. The molecule has 0 spiro atoms.